The molecule has 2 nitrogen and oxygen atoms in total. The van der Waals surface area contributed by atoms with Gasteiger partial charge in [-0.1, -0.05) is 28.5 Å². The lowest BCUT2D eigenvalue weighted by Crippen LogP contribution is -2.10. The van der Waals surface area contributed by atoms with E-state index in [1.54, 1.807) is 0 Å². The summed E-state index contributed by atoms with van der Waals surface area (Å²) in [5.41, 5.74) is 5.47. The molecule has 0 rings (SSSR count). The number of rotatable bonds is 5. The topological polar surface area (TPSA) is 43.1 Å². The fourth-order valence-corrected chi connectivity index (χ4v) is 1.26. The number of carbonyl (C=O) groups is 1. The molecule has 14 heavy (non-hydrogen) atoms. The van der Waals surface area contributed by atoms with Gasteiger partial charge in [0.1, 0.15) is 5.78 Å². The number of alkyl halides is 1. The fraction of sp³-hybridized carbons (Fsp3) is 0.727. The molecule has 0 aromatic rings. The van der Waals surface area contributed by atoms with Crippen LogP contribution in [-0.4, -0.2) is 15.7 Å². The molecule has 0 aliphatic rings. The average molecular weight is 307 g/mol. The van der Waals surface area contributed by atoms with Crippen LogP contribution in [0.4, 0.5) is 0 Å². The Kier molecular flexibility index (Phi) is 8.20. The van der Waals surface area contributed by atoms with E-state index in [1.807, 2.05) is 13.8 Å². The Labute approximate surface area is 100 Å². The summed E-state index contributed by atoms with van der Waals surface area (Å²) in [6.07, 6.45) is 3.48. The van der Waals surface area contributed by atoms with Crippen molar-refractivity contribution in [3.63, 3.8) is 0 Å². The first-order chi connectivity index (χ1) is 6.54. The van der Waals surface area contributed by atoms with Crippen molar-refractivity contribution in [1.29, 1.82) is 0 Å². The van der Waals surface area contributed by atoms with Crippen molar-refractivity contribution in [2.75, 3.05) is 0 Å². The van der Waals surface area contributed by atoms with Crippen LogP contribution in [0.15, 0.2) is 0 Å². The molecule has 0 heterocycles. The molecule has 2 unspecified atom stereocenters. The molecule has 0 radical (unpaired) electrons. The van der Waals surface area contributed by atoms with Gasteiger partial charge in [-0.2, -0.15) is 0 Å². The number of ketones is 1. The quantitative estimate of drug-likeness (QED) is 0.366. The van der Waals surface area contributed by atoms with Gasteiger partial charge in [0.25, 0.3) is 0 Å². The zero-order valence-corrected chi connectivity index (χ0v) is 11.0. The Morgan fingerprint density at radius 1 is 1.43 bits per heavy atom. The monoisotopic (exact) mass is 307 g/mol. The van der Waals surface area contributed by atoms with Crippen molar-refractivity contribution in [1.82, 2.24) is 0 Å². The van der Waals surface area contributed by atoms with Crippen LogP contribution in [0.3, 0.4) is 0 Å². The van der Waals surface area contributed by atoms with E-state index in [9.17, 15) is 4.79 Å². The molecule has 0 saturated heterocycles. The molecule has 0 amide bonds. The van der Waals surface area contributed by atoms with E-state index in [0.717, 1.165) is 19.3 Å². The fourth-order valence-electron chi connectivity index (χ4n) is 0.945. The molecular formula is C11H18INO. The van der Waals surface area contributed by atoms with Crippen molar-refractivity contribution in [2.24, 2.45) is 5.73 Å². The van der Waals surface area contributed by atoms with Gasteiger partial charge >= 0.3 is 0 Å². The molecule has 0 aromatic carbocycles. The average Bonchev–Trinajstić information content (AvgIpc) is 2.09. The number of unbranched alkanes of at least 4 members (excludes halogenated alkanes) is 2. The van der Waals surface area contributed by atoms with E-state index in [2.05, 4.69) is 34.4 Å². The van der Waals surface area contributed by atoms with Gasteiger partial charge in [-0.05, 0) is 26.7 Å². The molecule has 0 saturated carbocycles. The number of carbonyl (C=O) groups excluding carboxylic acids is 1. The Bertz CT molecular complexity index is 225. The van der Waals surface area contributed by atoms with Gasteiger partial charge < -0.3 is 5.73 Å². The third-order valence-electron chi connectivity index (χ3n) is 1.75. The molecule has 0 aromatic heterocycles. The minimum Gasteiger partial charge on any atom is -0.318 e. The molecule has 2 N–H and O–H groups in total. The van der Waals surface area contributed by atoms with Crippen LogP contribution in [0.1, 0.15) is 39.5 Å². The number of hydrogen-bond donors (Lipinski definition) is 1. The van der Waals surface area contributed by atoms with Crippen LogP contribution in [0, 0.1) is 11.8 Å². The summed E-state index contributed by atoms with van der Waals surface area (Å²) in [5.74, 6) is 6.24. The lowest BCUT2D eigenvalue weighted by molar-refractivity contribution is -0.118. The second-order valence-corrected chi connectivity index (χ2v) is 5.27. The predicted octanol–water partition coefficient (Wildman–Crippen LogP) is 2.29. The maximum absolute atomic E-state index is 11.2. The van der Waals surface area contributed by atoms with E-state index in [0.29, 0.717) is 12.2 Å². The van der Waals surface area contributed by atoms with Crippen LogP contribution in [0.5, 0.6) is 0 Å². The molecule has 3 heteroatoms. The zero-order valence-electron chi connectivity index (χ0n) is 8.85. The van der Waals surface area contributed by atoms with E-state index in [-0.39, 0.29) is 9.97 Å². The molecular weight excluding hydrogens is 289 g/mol. The van der Waals surface area contributed by atoms with E-state index < -0.39 is 0 Å². The lowest BCUT2D eigenvalue weighted by atomic mass is 10.1. The first-order valence-electron chi connectivity index (χ1n) is 4.94. The van der Waals surface area contributed by atoms with Gasteiger partial charge in [-0.25, -0.2) is 0 Å². The number of nitrogens with two attached hydrogens (primary N) is 1. The summed E-state index contributed by atoms with van der Waals surface area (Å²) < 4.78 is 0.141. The Morgan fingerprint density at radius 2 is 2.07 bits per heavy atom. The highest BCUT2D eigenvalue weighted by Crippen LogP contribution is 2.07. The van der Waals surface area contributed by atoms with Gasteiger partial charge in [0, 0.05) is 12.8 Å². The zero-order chi connectivity index (χ0) is 11.0. The van der Waals surface area contributed by atoms with Crippen LogP contribution in [0.2, 0.25) is 0 Å². The molecule has 0 fully saturated rings. The summed E-state index contributed by atoms with van der Waals surface area (Å²) in [7, 11) is 0. The number of halogens is 1. The summed E-state index contributed by atoms with van der Waals surface area (Å²) >= 11 is 2.15. The van der Waals surface area contributed by atoms with Crippen molar-refractivity contribution in [2.45, 2.75) is 49.5 Å². The van der Waals surface area contributed by atoms with Crippen LogP contribution < -0.4 is 5.73 Å². The summed E-state index contributed by atoms with van der Waals surface area (Å²) in [4.78, 5) is 11.2. The highest BCUT2D eigenvalue weighted by atomic mass is 127. The molecule has 0 bridgehead atoms. The predicted molar refractivity (Wildman–Crippen MR) is 68.4 cm³/mol. The maximum Gasteiger partial charge on any atom is 0.145 e. The number of Topliss-reactive ketones (excluding diaryl/α,β-unsaturated/α-hetero) is 1. The molecule has 0 aliphatic heterocycles. The van der Waals surface area contributed by atoms with Crippen molar-refractivity contribution in [3.8, 4) is 11.8 Å². The highest BCUT2D eigenvalue weighted by Gasteiger charge is 2.06. The second-order valence-electron chi connectivity index (χ2n) is 3.40. The first kappa shape index (κ1) is 13.9. The maximum atomic E-state index is 11.2. The van der Waals surface area contributed by atoms with Gasteiger partial charge in [0.2, 0.25) is 0 Å². The van der Waals surface area contributed by atoms with Crippen LogP contribution in [0.25, 0.3) is 0 Å². The Morgan fingerprint density at radius 3 is 2.57 bits per heavy atom. The standard InChI is InChI=1S/C11H18INO/c1-9(13)7-5-3-4-6-8-11(14)10(2)12/h9-10H,3-4,6,8,13H2,1-2H3. The van der Waals surface area contributed by atoms with Gasteiger partial charge in [0.15, 0.2) is 0 Å². The summed E-state index contributed by atoms with van der Waals surface area (Å²) in [5, 5.41) is 0. The first-order valence-corrected chi connectivity index (χ1v) is 6.19. The van der Waals surface area contributed by atoms with Gasteiger partial charge in [0.05, 0.1) is 9.97 Å². The molecule has 2 atom stereocenters. The van der Waals surface area contributed by atoms with E-state index in [4.69, 9.17) is 5.73 Å². The van der Waals surface area contributed by atoms with Crippen molar-refractivity contribution in [3.05, 3.63) is 0 Å². The third kappa shape index (κ3) is 8.52. The number of hydrogen-bond acceptors (Lipinski definition) is 2. The summed E-state index contributed by atoms with van der Waals surface area (Å²) in [6.45, 7) is 3.80. The Hall–Kier alpha value is -0.0800. The van der Waals surface area contributed by atoms with Crippen LogP contribution in [-0.2, 0) is 4.79 Å². The minimum atomic E-state index is -0.0361. The van der Waals surface area contributed by atoms with Gasteiger partial charge in [-0.15, -0.1) is 5.92 Å². The smallest absolute Gasteiger partial charge is 0.145 e. The van der Waals surface area contributed by atoms with Crippen molar-refractivity contribution >= 4 is 28.4 Å². The SMILES string of the molecule is CC(N)C#CCCCCC(=O)C(C)I. The normalized spacial score (nSPS) is 14.0. The summed E-state index contributed by atoms with van der Waals surface area (Å²) in [6, 6.07) is -0.0361. The second kappa shape index (κ2) is 8.25. The lowest BCUT2D eigenvalue weighted by Gasteiger charge is -2.00. The van der Waals surface area contributed by atoms with Crippen LogP contribution >= 0.6 is 22.6 Å². The molecule has 80 valence electrons. The minimum absolute atomic E-state index is 0.0361. The molecule has 0 spiro atoms. The molecule has 0 aliphatic carbocycles. The highest BCUT2D eigenvalue weighted by molar-refractivity contribution is 14.1. The van der Waals surface area contributed by atoms with E-state index in [1.165, 1.54) is 0 Å². The third-order valence-corrected chi connectivity index (χ3v) is 2.44. The largest absolute Gasteiger partial charge is 0.318 e. The Balaban J connectivity index is 3.40. The van der Waals surface area contributed by atoms with Gasteiger partial charge in [-0.3, -0.25) is 4.79 Å². The van der Waals surface area contributed by atoms with Crippen molar-refractivity contribution < 1.29 is 4.79 Å². The van der Waals surface area contributed by atoms with E-state index >= 15 is 0 Å².